The Morgan fingerprint density at radius 2 is 1.83 bits per heavy atom. The molecule has 3 N–H and O–H groups in total. The van der Waals surface area contributed by atoms with Crippen LogP contribution in [0.4, 0.5) is 23.0 Å². The monoisotopic (exact) mass is 398 g/mol. The normalized spacial score (nSPS) is 14.1. The van der Waals surface area contributed by atoms with Gasteiger partial charge in [-0.1, -0.05) is 30.3 Å². The summed E-state index contributed by atoms with van der Waals surface area (Å²) in [7, 11) is 0. The van der Waals surface area contributed by atoms with Gasteiger partial charge in [0.2, 0.25) is 5.95 Å². The first-order valence-corrected chi connectivity index (χ1v) is 9.94. The molecule has 0 saturated carbocycles. The van der Waals surface area contributed by atoms with Gasteiger partial charge < -0.3 is 20.7 Å². The molecule has 2 aromatic carbocycles. The fourth-order valence-corrected chi connectivity index (χ4v) is 3.70. The summed E-state index contributed by atoms with van der Waals surface area (Å²) in [5.41, 5.74) is 11.3. The van der Waals surface area contributed by atoms with Gasteiger partial charge in [-0.3, -0.25) is 4.98 Å². The third-order valence-electron chi connectivity index (χ3n) is 5.17. The molecule has 7 heteroatoms. The van der Waals surface area contributed by atoms with Crippen molar-refractivity contribution in [1.29, 1.82) is 0 Å². The molecule has 0 unspecified atom stereocenters. The molecule has 0 amide bonds. The van der Waals surface area contributed by atoms with Gasteiger partial charge in [0.25, 0.3) is 0 Å². The topological polar surface area (TPSA) is 89.2 Å². The van der Waals surface area contributed by atoms with E-state index in [1.165, 1.54) is 0 Å². The molecule has 1 saturated heterocycles. The predicted molar refractivity (Wildman–Crippen MR) is 120 cm³/mol. The van der Waals surface area contributed by atoms with Crippen molar-refractivity contribution in [2.75, 3.05) is 42.3 Å². The van der Waals surface area contributed by atoms with E-state index in [0.717, 1.165) is 59.8 Å². The van der Waals surface area contributed by atoms with Gasteiger partial charge in [-0.25, -0.2) is 9.97 Å². The minimum atomic E-state index is 0.541. The second-order valence-corrected chi connectivity index (χ2v) is 7.15. The second kappa shape index (κ2) is 7.96. The van der Waals surface area contributed by atoms with Crippen molar-refractivity contribution >= 4 is 33.9 Å². The number of aromatic nitrogens is 3. The van der Waals surface area contributed by atoms with Crippen LogP contribution < -0.4 is 16.0 Å². The Kier molecular flexibility index (Phi) is 4.86. The minimum absolute atomic E-state index is 0.541. The van der Waals surface area contributed by atoms with Crippen LogP contribution in [0, 0.1) is 0 Å². The Labute approximate surface area is 174 Å². The molecule has 3 heterocycles. The van der Waals surface area contributed by atoms with E-state index in [1.54, 1.807) is 12.3 Å². The zero-order valence-corrected chi connectivity index (χ0v) is 16.5. The molecule has 1 aliphatic heterocycles. The Morgan fingerprint density at radius 3 is 2.70 bits per heavy atom. The number of fused-ring (bicyclic) bond motifs is 1. The average molecular weight is 398 g/mol. The van der Waals surface area contributed by atoms with Gasteiger partial charge in [-0.2, -0.15) is 0 Å². The summed E-state index contributed by atoms with van der Waals surface area (Å²) in [6.07, 6.45) is 3.54. The molecule has 5 rings (SSSR count). The fourth-order valence-electron chi connectivity index (χ4n) is 3.70. The number of nitrogens with zero attached hydrogens (tertiary/aromatic N) is 4. The second-order valence-electron chi connectivity index (χ2n) is 7.15. The highest BCUT2D eigenvalue weighted by atomic mass is 16.5. The molecular weight excluding hydrogens is 376 g/mol. The first-order chi connectivity index (χ1) is 14.8. The van der Waals surface area contributed by atoms with E-state index >= 15 is 0 Å². The number of hydrogen-bond acceptors (Lipinski definition) is 7. The van der Waals surface area contributed by atoms with Crippen molar-refractivity contribution in [3.8, 4) is 11.3 Å². The summed E-state index contributed by atoms with van der Waals surface area (Å²) >= 11 is 0. The summed E-state index contributed by atoms with van der Waals surface area (Å²) in [5.74, 6) is 0.541. The average Bonchev–Trinajstić information content (AvgIpc) is 2.80. The van der Waals surface area contributed by atoms with Gasteiger partial charge in [0, 0.05) is 42.1 Å². The number of morpholine rings is 1. The van der Waals surface area contributed by atoms with Crippen LogP contribution >= 0.6 is 0 Å². The van der Waals surface area contributed by atoms with Crippen molar-refractivity contribution < 1.29 is 4.74 Å². The maximum atomic E-state index is 5.96. The summed E-state index contributed by atoms with van der Waals surface area (Å²) in [6.45, 7) is 3.19. The number of rotatable bonds is 4. The molecule has 0 aliphatic carbocycles. The first-order valence-electron chi connectivity index (χ1n) is 9.94. The Bertz CT molecular complexity index is 1190. The lowest BCUT2D eigenvalue weighted by atomic mass is 10.1. The lowest BCUT2D eigenvalue weighted by molar-refractivity contribution is 0.123. The highest BCUT2D eigenvalue weighted by Crippen LogP contribution is 2.30. The lowest BCUT2D eigenvalue weighted by Gasteiger charge is -2.30. The summed E-state index contributed by atoms with van der Waals surface area (Å²) in [4.78, 5) is 16.1. The molecule has 7 nitrogen and oxygen atoms in total. The number of nitrogen functional groups attached to an aromatic ring is 1. The number of pyridine rings is 1. The molecule has 30 heavy (non-hydrogen) atoms. The van der Waals surface area contributed by atoms with Crippen LogP contribution in [0.5, 0.6) is 0 Å². The SMILES string of the molecule is Nc1ccnc(-c2cccc3cnc(Nc4ccccc4N4CCOCC4)nc23)c1. The molecular formula is C23H22N6O. The molecule has 0 bridgehead atoms. The molecule has 150 valence electrons. The summed E-state index contributed by atoms with van der Waals surface area (Å²) in [6, 6.07) is 17.8. The van der Waals surface area contributed by atoms with Crippen molar-refractivity contribution in [3.63, 3.8) is 0 Å². The number of nitrogens with two attached hydrogens (primary N) is 1. The van der Waals surface area contributed by atoms with Crippen molar-refractivity contribution in [3.05, 3.63) is 67.0 Å². The van der Waals surface area contributed by atoms with Crippen molar-refractivity contribution in [2.24, 2.45) is 0 Å². The Hall–Kier alpha value is -3.71. The van der Waals surface area contributed by atoms with Crippen LogP contribution in [-0.2, 0) is 4.74 Å². The molecule has 2 aromatic heterocycles. The smallest absolute Gasteiger partial charge is 0.227 e. The third kappa shape index (κ3) is 3.62. The molecule has 0 atom stereocenters. The molecule has 0 spiro atoms. The van der Waals surface area contributed by atoms with Crippen molar-refractivity contribution in [2.45, 2.75) is 0 Å². The molecule has 1 fully saturated rings. The van der Waals surface area contributed by atoms with Gasteiger partial charge >= 0.3 is 0 Å². The van der Waals surface area contributed by atoms with Gasteiger partial charge in [0.15, 0.2) is 0 Å². The first kappa shape index (κ1) is 18.3. The summed E-state index contributed by atoms with van der Waals surface area (Å²) < 4.78 is 5.49. The number of ether oxygens (including phenoxy) is 1. The fraction of sp³-hybridized carbons (Fsp3) is 0.174. The van der Waals surface area contributed by atoms with E-state index in [2.05, 4.69) is 26.3 Å². The van der Waals surface area contributed by atoms with E-state index in [4.69, 9.17) is 15.5 Å². The Morgan fingerprint density at radius 1 is 0.967 bits per heavy atom. The largest absolute Gasteiger partial charge is 0.399 e. The van der Waals surface area contributed by atoms with Crippen LogP contribution in [0.25, 0.3) is 22.2 Å². The molecule has 0 radical (unpaired) electrons. The van der Waals surface area contributed by atoms with E-state index in [1.807, 2.05) is 48.7 Å². The number of benzene rings is 2. The number of anilines is 4. The number of hydrogen-bond donors (Lipinski definition) is 2. The lowest BCUT2D eigenvalue weighted by Crippen LogP contribution is -2.36. The van der Waals surface area contributed by atoms with Gasteiger partial charge in [-0.15, -0.1) is 0 Å². The van der Waals surface area contributed by atoms with E-state index in [0.29, 0.717) is 11.6 Å². The number of nitrogens with one attached hydrogen (secondary N) is 1. The maximum absolute atomic E-state index is 5.96. The third-order valence-corrected chi connectivity index (χ3v) is 5.17. The zero-order chi connectivity index (χ0) is 20.3. The van der Waals surface area contributed by atoms with Crippen LogP contribution in [0.1, 0.15) is 0 Å². The molecule has 1 aliphatic rings. The van der Waals surface area contributed by atoms with Crippen molar-refractivity contribution in [1.82, 2.24) is 15.0 Å². The van der Waals surface area contributed by atoms with Crippen LogP contribution in [0.3, 0.4) is 0 Å². The number of para-hydroxylation sites is 3. The minimum Gasteiger partial charge on any atom is -0.399 e. The van der Waals surface area contributed by atoms with Gasteiger partial charge in [0.05, 0.1) is 35.8 Å². The van der Waals surface area contributed by atoms with E-state index in [-0.39, 0.29) is 0 Å². The maximum Gasteiger partial charge on any atom is 0.227 e. The standard InChI is InChI=1S/C23H22N6O/c24-17-8-9-25-20(14-17)18-5-3-4-16-15-26-23(28-22(16)18)27-19-6-1-2-7-21(19)29-10-12-30-13-11-29/h1-9,14-15H,10-13H2,(H2,24,25)(H,26,27,28). The quantitative estimate of drug-likeness (QED) is 0.540. The Balaban J connectivity index is 1.53. The van der Waals surface area contributed by atoms with Gasteiger partial charge in [0.1, 0.15) is 0 Å². The van der Waals surface area contributed by atoms with E-state index in [9.17, 15) is 0 Å². The zero-order valence-electron chi connectivity index (χ0n) is 16.5. The van der Waals surface area contributed by atoms with Crippen LogP contribution in [0.2, 0.25) is 0 Å². The molecule has 4 aromatic rings. The van der Waals surface area contributed by atoms with Crippen LogP contribution in [-0.4, -0.2) is 41.3 Å². The van der Waals surface area contributed by atoms with E-state index < -0.39 is 0 Å². The van der Waals surface area contributed by atoms with Crippen LogP contribution in [0.15, 0.2) is 67.0 Å². The highest BCUT2D eigenvalue weighted by molar-refractivity contribution is 5.93. The summed E-state index contributed by atoms with van der Waals surface area (Å²) in [5, 5.41) is 4.35. The predicted octanol–water partition coefficient (Wildman–Crippen LogP) is 3.85. The van der Waals surface area contributed by atoms with Gasteiger partial charge in [-0.05, 0) is 24.3 Å². The highest BCUT2D eigenvalue weighted by Gasteiger charge is 2.15.